The van der Waals surface area contributed by atoms with Crippen LogP contribution in [-0.2, 0) is 33.3 Å². The largest absolute Gasteiger partial charge is 0.367 e. The molecule has 5 aromatic carbocycles. The highest BCUT2D eigenvalue weighted by Crippen LogP contribution is 2.37. The van der Waals surface area contributed by atoms with Crippen molar-refractivity contribution < 1.29 is 25.9 Å². The molecular weight excluding hydrogens is 657 g/mol. The number of anilines is 2. The molecule has 0 amide bonds. The lowest BCUT2D eigenvalue weighted by Gasteiger charge is -2.27. The highest BCUT2D eigenvalue weighted by molar-refractivity contribution is 7.86. The van der Waals surface area contributed by atoms with Crippen molar-refractivity contribution in [3.05, 3.63) is 154 Å². The predicted octanol–water partition coefficient (Wildman–Crippen LogP) is 8.03. The molecule has 49 heavy (non-hydrogen) atoms. The quantitative estimate of drug-likeness (QED) is 0.0939. The van der Waals surface area contributed by atoms with Crippen LogP contribution in [0, 0.1) is 13.8 Å². The smallest absolute Gasteiger partial charge is 0.294 e. The Morgan fingerprint density at radius 2 is 0.918 bits per heavy atom. The van der Waals surface area contributed by atoms with Crippen molar-refractivity contribution in [1.82, 2.24) is 0 Å². The third-order valence-electron chi connectivity index (χ3n) is 8.92. The summed E-state index contributed by atoms with van der Waals surface area (Å²) in [5, 5.41) is 0. The molecule has 256 valence electrons. The van der Waals surface area contributed by atoms with Gasteiger partial charge in [-0.3, -0.25) is 9.11 Å². The fourth-order valence-corrected chi connectivity index (χ4v) is 7.49. The van der Waals surface area contributed by atoms with Gasteiger partial charge in [0.2, 0.25) is 0 Å². The molecule has 0 radical (unpaired) electrons. The van der Waals surface area contributed by atoms with Crippen LogP contribution in [0.1, 0.15) is 58.7 Å². The van der Waals surface area contributed by atoms with E-state index in [2.05, 4.69) is 90.4 Å². The second-order valence-electron chi connectivity index (χ2n) is 12.2. The summed E-state index contributed by atoms with van der Waals surface area (Å²) in [4.78, 5) is 4.07. The van der Waals surface area contributed by atoms with Crippen LogP contribution in [0.4, 0.5) is 11.4 Å². The van der Waals surface area contributed by atoms with Gasteiger partial charge >= 0.3 is 0 Å². The Morgan fingerprint density at radius 3 is 1.27 bits per heavy atom. The molecule has 0 unspecified atom stereocenters. The van der Waals surface area contributed by atoms with Crippen molar-refractivity contribution in [2.24, 2.45) is 0 Å². The average molecular weight is 699 g/mol. The normalized spacial score (nSPS) is 11.9. The van der Waals surface area contributed by atoms with E-state index in [9.17, 15) is 25.9 Å². The van der Waals surface area contributed by atoms with Crippen LogP contribution in [-0.4, -0.2) is 39.0 Å². The first kappa shape index (κ1) is 35.8. The topological polar surface area (TPSA) is 115 Å². The third kappa shape index (κ3) is 8.58. The first-order chi connectivity index (χ1) is 23.3. The van der Waals surface area contributed by atoms with Gasteiger partial charge in [0.05, 0.1) is 9.79 Å². The third-order valence-corrected chi connectivity index (χ3v) is 10.6. The fraction of sp³-hybridized carbons (Fsp3) is 0.231. The molecule has 0 heterocycles. The van der Waals surface area contributed by atoms with Crippen LogP contribution in [0.2, 0.25) is 0 Å². The molecule has 8 nitrogen and oxygen atoms in total. The van der Waals surface area contributed by atoms with Crippen molar-refractivity contribution >= 4 is 31.6 Å². The molecule has 0 aliphatic heterocycles. The van der Waals surface area contributed by atoms with Crippen LogP contribution in [0.3, 0.4) is 0 Å². The van der Waals surface area contributed by atoms with Crippen LogP contribution >= 0.6 is 0 Å². The summed E-state index contributed by atoms with van der Waals surface area (Å²) < 4.78 is 65.8. The van der Waals surface area contributed by atoms with E-state index in [1.165, 1.54) is 41.0 Å². The maximum atomic E-state index is 11.7. The highest BCUT2D eigenvalue weighted by Gasteiger charge is 2.22. The van der Waals surface area contributed by atoms with Gasteiger partial charge in [0, 0.05) is 43.5 Å². The number of hydrogen-bond acceptors (Lipinski definition) is 6. The maximum Gasteiger partial charge on any atom is 0.294 e. The summed E-state index contributed by atoms with van der Waals surface area (Å²) in [6.07, 6.45) is 0. The monoisotopic (exact) mass is 698 g/mol. The number of nitrogens with zero attached hydrogens (tertiary/aromatic N) is 2. The molecule has 10 heteroatoms. The summed E-state index contributed by atoms with van der Waals surface area (Å²) in [6.45, 7) is 10.7. The molecule has 0 aliphatic carbocycles. The van der Waals surface area contributed by atoms with E-state index in [4.69, 9.17) is 0 Å². The molecular formula is C39H42N2O6S2. The van der Waals surface area contributed by atoms with E-state index in [0.717, 1.165) is 33.6 Å². The zero-order valence-electron chi connectivity index (χ0n) is 28.1. The molecule has 0 atom stereocenters. The average Bonchev–Trinajstić information content (AvgIpc) is 3.08. The first-order valence-electron chi connectivity index (χ1n) is 16.2. The Kier molecular flexibility index (Phi) is 10.9. The summed E-state index contributed by atoms with van der Waals surface area (Å²) in [5.41, 5.74) is 9.45. The van der Waals surface area contributed by atoms with Gasteiger partial charge in [0.25, 0.3) is 20.2 Å². The molecule has 0 saturated heterocycles. The molecule has 0 aromatic heterocycles. The second kappa shape index (κ2) is 15.0. The maximum absolute atomic E-state index is 11.7. The van der Waals surface area contributed by atoms with Gasteiger partial charge < -0.3 is 9.80 Å². The van der Waals surface area contributed by atoms with Gasteiger partial charge in [-0.1, -0.05) is 66.7 Å². The Labute approximate surface area is 290 Å². The predicted molar refractivity (Wildman–Crippen MR) is 196 cm³/mol. The van der Waals surface area contributed by atoms with Gasteiger partial charge in [0.1, 0.15) is 0 Å². The van der Waals surface area contributed by atoms with Crippen LogP contribution < -0.4 is 9.80 Å². The minimum Gasteiger partial charge on any atom is -0.367 e. The Bertz CT molecular complexity index is 1980. The number of benzene rings is 5. The number of rotatable bonds is 13. The minimum absolute atomic E-state index is 0.0349. The number of aryl methyl sites for hydroxylation is 2. The van der Waals surface area contributed by atoms with E-state index in [-0.39, 0.29) is 15.7 Å². The molecule has 0 aliphatic rings. The van der Waals surface area contributed by atoms with Crippen molar-refractivity contribution in [3.8, 4) is 0 Å². The van der Waals surface area contributed by atoms with Crippen LogP contribution in [0.25, 0.3) is 0 Å². The molecule has 0 saturated carbocycles. The van der Waals surface area contributed by atoms with E-state index in [0.29, 0.717) is 26.2 Å². The lowest BCUT2D eigenvalue weighted by molar-refractivity contribution is 0.481. The van der Waals surface area contributed by atoms with Gasteiger partial charge in [-0.05, 0) is 115 Å². The van der Waals surface area contributed by atoms with Crippen LogP contribution in [0.5, 0.6) is 0 Å². The van der Waals surface area contributed by atoms with Gasteiger partial charge in [-0.2, -0.15) is 16.8 Å². The Balaban J connectivity index is 1.45. The SMILES string of the molecule is CCN(Cc1cccc(S(=O)(=O)O)c1)c1ccc(C(c2ccc(N(CC)Cc3cccc(S(=O)(=O)O)c3)cc2)c2c(C)cccc2C)cc1. The van der Waals surface area contributed by atoms with E-state index < -0.39 is 20.2 Å². The highest BCUT2D eigenvalue weighted by atomic mass is 32.2. The van der Waals surface area contributed by atoms with E-state index in [1.807, 2.05) is 26.0 Å². The first-order valence-corrected chi connectivity index (χ1v) is 19.0. The van der Waals surface area contributed by atoms with E-state index >= 15 is 0 Å². The van der Waals surface area contributed by atoms with Gasteiger partial charge in [-0.25, -0.2) is 0 Å². The van der Waals surface area contributed by atoms with Crippen molar-refractivity contribution in [3.63, 3.8) is 0 Å². The molecule has 0 bridgehead atoms. The second-order valence-corrected chi connectivity index (χ2v) is 15.0. The standard InChI is InChI=1S/C39H42N2O6S2/c1-5-40(26-30-12-8-14-36(24-30)48(42,43)44)34-20-16-32(17-21-34)39(38-28(3)10-7-11-29(38)4)33-18-22-35(23-19-33)41(6-2)27-31-13-9-15-37(25-31)49(45,46)47/h7-25,39H,5-6,26-27H2,1-4H3,(H,42,43,44)(H,45,46,47). The zero-order chi connectivity index (χ0) is 35.3. The summed E-state index contributed by atoms with van der Waals surface area (Å²) in [6, 6.07) is 36.1. The lowest BCUT2D eigenvalue weighted by Crippen LogP contribution is -2.22. The van der Waals surface area contributed by atoms with Crippen molar-refractivity contribution in [1.29, 1.82) is 0 Å². The van der Waals surface area contributed by atoms with Crippen molar-refractivity contribution in [2.45, 2.75) is 56.5 Å². The summed E-state index contributed by atoms with van der Waals surface area (Å²) in [5.74, 6) is -0.0349. The fourth-order valence-electron chi connectivity index (χ4n) is 6.38. The molecule has 0 spiro atoms. The molecule has 5 aromatic rings. The van der Waals surface area contributed by atoms with Gasteiger partial charge in [-0.15, -0.1) is 0 Å². The molecule has 5 rings (SSSR count). The Morgan fingerprint density at radius 1 is 0.551 bits per heavy atom. The minimum atomic E-state index is -4.29. The molecule has 2 N–H and O–H groups in total. The lowest BCUT2D eigenvalue weighted by atomic mass is 9.81. The molecule has 0 fully saturated rings. The Hall–Kier alpha value is -4.48. The van der Waals surface area contributed by atoms with E-state index in [1.54, 1.807) is 12.1 Å². The summed E-state index contributed by atoms with van der Waals surface area (Å²) >= 11 is 0. The van der Waals surface area contributed by atoms with Crippen LogP contribution in [0.15, 0.2) is 125 Å². The van der Waals surface area contributed by atoms with Crippen molar-refractivity contribution in [2.75, 3.05) is 22.9 Å². The van der Waals surface area contributed by atoms with Gasteiger partial charge in [0.15, 0.2) is 0 Å². The zero-order valence-corrected chi connectivity index (χ0v) is 29.7. The number of hydrogen-bond donors (Lipinski definition) is 2. The summed E-state index contributed by atoms with van der Waals surface area (Å²) in [7, 11) is -8.57.